The van der Waals surface area contributed by atoms with Crippen molar-refractivity contribution in [2.24, 2.45) is 0 Å². The summed E-state index contributed by atoms with van der Waals surface area (Å²) in [5.74, 6) is 0.505. The highest BCUT2D eigenvalue weighted by molar-refractivity contribution is 9.10. The highest BCUT2D eigenvalue weighted by Gasteiger charge is 2.25. The first-order valence-electron chi connectivity index (χ1n) is 10.9. The van der Waals surface area contributed by atoms with Crippen LogP contribution in [0.5, 0.6) is 0 Å². The van der Waals surface area contributed by atoms with Crippen molar-refractivity contribution < 1.29 is 4.74 Å². The molecule has 0 amide bonds. The van der Waals surface area contributed by atoms with Gasteiger partial charge in [-0.2, -0.15) is 5.10 Å². The number of anilines is 1. The molecule has 0 saturated carbocycles. The predicted molar refractivity (Wildman–Crippen MR) is 127 cm³/mol. The van der Waals surface area contributed by atoms with Crippen molar-refractivity contribution in [2.75, 3.05) is 31.2 Å². The number of rotatable bonds is 7. The van der Waals surface area contributed by atoms with Gasteiger partial charge < -0.3 is 9.64 Å². The Kier molecular flexibility index (Phi) is 6.75. The molecule has 0 radical (unpaired) electrons. The van der Waals surface area contributed by atoms with Gasteiger partial charge in [0.05, 0.1) is 29.3 Å². The molecule has 1 fully saturated rings. The van der Waals surface area contributed by atoms with Gasteiger partial charge in [-0.3, -0.25) is 0 Å². The molecule has 6 nitrogen and oxygen atoms in total. The molecule has 0 atom stereocenters. The van der Waals surface area contributed by atoms with Crippen LogP contribution in [-0.2, 0) is 4.74 Å². The Hall–Kier alpha value is -1.51. The molecule has 0 spiro atoms. The highest BCUT2D eigenvalue weighted by Crippen LogP contribution is 2.42. The molecular formula is C22H30BrN5OS. The van der Waals surface area contributed by atoms with Crippen molar-refractivity contribution in [3.05, 3.63) is 27.8 Å². The summed E-state index contributed by atoms with van der Waals surface area (Å²) in [6, 6.07) is 2.22. The number of fused-ring (bicyclic) bond motifs is 1. The Balaban J connectivity index is 1.83. The first-order chi connectivity index (χ1) is 14.5. The molecule has 0 bridgehead atoms. The summed E-state index contributed by atoms with van der Waals surface area (Å²) in [4.78, 5) is 13.1. The standard InChI is InChI=1S/C22H30BrN5OS/c1-5-7-16(8-6-2)17-13-14(3)24-21-18(15(4)26-28(17)21)19-20(23)25-22(30-19)27-9-11-29-12-10-27/h13,16H,5-12H2,1-4H3. The lowest BCUT2D eigenvalue weighted by molar-refractivity contribution is 0.122. The molecule has 4 rings (SSSR count). The van der Waals surface area contributed by atoms with Gasteiger partial charge in [-0.1, -0.05) is 38.0 Å². The lowest BCUT2D eigenvalue weighted by Crippen LogP contribution is -2.36. The van der Waals surface area contributed by atoms with Gasteiger partial charge in [0.2, 0.25) is 0 Å². The molecule has 0 aliphatic carbocycles. The Labute approximate surface area is 190 Å². The molecular weight excluding hydrogens is 462 g/mol. The van der Waals surface area contributed by atoms with Crippen LogP contribution >= 0.6 is 27.3 Å². The molecule has 1 saturated heterocycles. The highest BCUT2D eigenvalue weighted by atomic mass is 79.9. The van der Waals surface area contributed by atoms with Crippen LogP contribution in [0.3, 0.4) is 0 Å². The number of hydrogen-bond donors (Lipinski definition) is 0. The molecule has 3 aromatic rings. The summed E-state index contributed by atoms with van der Waals surface area (Å²) in [7, 11) is 0. The summed E-state index contributed by atoms with van der Waals surface area (Å²) in [5.41, 5.74) is 5.36. The first kappa shape index (κ1) is 21.7. The van der Waals surface area contributed by atoms with E-state index in [1.807, 2.05) is 0 Å². The van der Waals surface area contributed by atoms with Crippen molar-refractivity contribution >= 4 is 38.0 Å². The van der Waals surface area contributed by atoms with Crippen LogP contribution in [-0.4, -0.2) is 45.9 Å². The minimum absolute atomic E-state index is 0.505. The van der Waals surface area contributed by atoms with Crippen LogP contribution in [0.15, 0.2) is 10.7 Å². The summed E-state index contributed by atoms with van der Waals surface area (Å²) < 4.78 is 8.46. The van der Waals surface area contributed by atoms with Gasteiger partial charge in [0.25, 0.3) is 0 Å². The van der Waals surface area contributed by atoms with Gasteiger partial charge in [-0.25, -0.2) is 14.5 Å². The van der Waals surface area contributed by atoms with E-state index < -0.39 is 0 Å². The lowest BCUT2D eigenvalue weighted by atomic mass is 9.94. The summed E-state index contributed by atoms with van der Waals surface area (Å²) in [6.07, 6.45) is 4.69. The van der Waals surface area contributed by atoms with Gasteiger partial charge in [-0.15, -0.1) is 0 Å². The SMILES string of the molecule is CCCC(CCC)c1cc(C)nc2c(-c3sc(N4CCOCC4)nc3Br)c(C)nn12. The fourth-order valence-electron chi connectivity index (χ4n) is 4.30. The lowest BCUT2D eigenvalue weighted by Gasteiger charge is -2.25. The van der Waals surface area contributed by atoms with Gasteiger partial charge in [0.1, 0.15) is 4.60 Å². The number of thiazole rings is 1. The molecule has 0 N–H and O–H groups in total. The number of hydrogen-bond acceptors (Lipinski definition) is 6. The van der Waals surface area contributed by atoms with E-state index in [2.05, 4.69) is 59.1 Å². The zero-order valence-electron chi connectivity index (χ0n) is 18.2. The monoisotopic (exact) mass is 491 g/mol. The average molecular weight is 492 g/mol. The molecule has 3 aromatic heterocycles. The Morgan fingerprint density at radius 2 is 1.83 bits per heavy atom. The van der Waals surface area contributed by atoms with E-state index >= 15 is 0 Å². The Morgan fingerprint density at radius 1 is 1.13 bits per heavy atom. The second-order valence-corrected chi connectivity index (χ2v) is 9.74. The van der Waals surface area contributed by atoms with E-state index in [9.17, 15) is 0 Å². The van der Waals surface area contributed by atoms with Crippen molar-refractivity contribution in [1.82, 2.24) is 19.6 Å². The third-order valence-corrected chi connectivity index (χ3v) is 7.67. The van der Waals surface area contributed by atoms with Crippen LogP contribution in [0, 0.1) is 13.8 Å². The van der Waals surface area contributed by atoms with E-state index in [1.54, 1.807) is 11.3 Å². The third kappa shape index (κ3) is 4.14. The van der Waals surface area contributed by atoms with Crippen LogP contribution in [0.25, 0.3) is 16.1 Å². The van der Waals surface area contributed by atoms with E-state index in [1.165, 1.54) is 31.4 Å². The quantitative estimate of drug-likeness (QED) is 0.420. The number of halogens is 1. The fourth-order valence-corrected chi connectivity index (χ4v) is 6.13. The molecule has 8 heteroatoms. The minimum atomic E-state index is 0.505. The van der Waals surface area contributed by atoms with Crippen LogP contribution < -0.4 is 4.90 Å². The first-order valence-corrected chi connectivity index (χ1v) is 12.5. The number of aromatic nitrogens is 4. The van der Waals surface area contributed by atoms with Gasteiger partial charge in [0.15, 0.2) is 10.8 Å². The van der Waals surface area contributed by atoms with Crippen LogP contribution in [0.2, 0.25) is 0 Å². The molecule has 0 aromatic carbocycles. The second-order valence-electron chi connectivity index (χ2n) is 8.01. The molecule has 1 aliphatic heterocycles. The number of ether oxygens (including phenoxy) is 1. The zero-order valence-corrected chi connectivity index (χ0v) is 20.6. The number of nitrogens with zero attached hydrogens (tertiary/aromatic N) is 5. The number of morpholine rings is 1. The van der Waals surface area contributed by atoms with Crippen LogP contribution in [0.1, 0.15) is 62.5 Å². The van der Waals surface area contributed by atoms with Crippen LogP contribution in [0.4, 0.5) is 5.13 Å². The predicted octanol–water partition coefficient (Wildman–Crippen LogP) is 5.75. The minimum Gasteiger partial charge on any atom is -0.378 e. The maximum Gasteiger partial charge on any atom is 0.187 e. The molecule has 30 heavy (non-hydrogen) atoms. The van der Waals surface area contributed by atoms with Crippen molar-refractivity contribution in [2.45, 2.75) is 59.3 Å². The molecule has 0 unspecified atom stereocenters. The Bertz CT molecular complexity index is 1020. The normalized spacial score (nSPS) is 14.9. The van der Waals surface area contributed by atoms with Crippen molar-refractivity contribution in [3.63, 3.8) is 0 Å². The smallest absolute Gasteiger partial charge is 0.187 e. The topological polar surface area (TPSA) is 55.5 Å². The third-order valence-electron chi connectivity index (χ3n) is 5.70. The molecule has 162 valence electrons. The van der Waals surface area contributed by atoms with E-state index in [0.717, 1.165) is 63.5 Å². The summed E-state index contributed by atoms with van der Waals surface area (Å²) >= 11 is 5.43. The van der Waals surface area contributed by atoms with E-state index in [4.69, 9.17) is 19.8 Å². The van der Waals surface area contributed by atoms with Crippen molar-refractivity contribution in [1.29, 1.82) is 0 Å². The number of aryl methyl sites for hydroxylation is 2. The average Bonchev–Trinajstić information content (AvgIpc) is 3.26. The largest absolute Gasteiger partial charge is 0.378 e. The molecule has 1 aliphatic rings. The van der Waals surface area contributed by atoms with Crippen molar-refractivity contribution in [3.8, 4) is 10.4 Å². The maximum atomic E-state index is 5.50. The fraction of sp³-hybridized carbons (Fsp3) is 0.591. The molecule has 4 heterocycles. The maximum absolute atomic E-state index is 5.50. The van der Waals surface area contributed by atoms with Gasteiger partial charge >= 0.3 is 0 Å². The van der Waals surface area contributed by atoms with E-state index in [0.29, 0.717) is 5.92 Å². The van der Waals surface area contributed by atoms with E-state index in [-0.39, 0.29) is 0 Å². The summed E-state index contributed by atoms with van der Waals surface area (Å²) in [6.45, 7) is 12.0. The zero-order chi connectivity index (χ0) is 21.3. The Morgan fingerprint density at radius 3 is 2.50 bits per heavy atom. The summed E-state index contributed by atoms with van der Waals surface area (Å²) in [5, 5.41) is 5.99. The van der Waals surface area contributed by atoms with Gasteiger partial charge in [0, 0.05) is 30.4 Å². The van der Waals surface area contributed by atoms with Gasteiger partial charge in [-0.05, 0) is 48.7 Å². The second kappa shape index (κ2) is 9.32.